The molecule has 0 unspecified atom stereocenters. The van der Waals surface area contributed by atoms with Crippen LogP contribution in [0.15, 0.2) is 0 Å². The number of rotatable bonds is 4. The molecule has 0 spiro atoms. The van der Waals surface area contributed by atoms with Gasteiger partial charge in [0.15, 0.2) is 6.29 Å². The van der Waals surface area contributed by atoms with Gasteiger partial charge in [-0.05, 0) is 25.2 Å². The first-order valence-corrected chi connectivity index (χ1v) is 7.56. The predicted molar refractivity (Wildman–Crippen MR) is 69.8 cm³/mol. The van der Waals surface area contributed by atoms with Gasteiger partial charge in [0.2, 0.25) is 0 Å². The van der Waals surface area contributed by atoms with Crippen molar-refractivity contribution in [3.05, 3.63) is 0 Å². The molecule has 2 rings (SSSR count). The fraction of sp³-hybridized carbons (Fsp3) is 1.00. The molecule has 2 fully saturated rings. The molecule has 0 aromatic heterocycles. The summed E-state index contributed by atoms with van der Waals surface area (Å²) < 4.78 is 11.9. The maximum absolute atomic E-state index is 5.93. The van der Waals surface area contributed by atoms with Crippen LogP contribution in [0.3, 0.4) is 0 Å². The predicted octanol–water partition coefficient (Wildman–Crippen LogP) is 3.99. The summed E-state index contributed by atoms with van der Waals surface area (Å²) in [4.78, 5) is 0. The number of hydrogen-bond acceptors (Lipinski definition) is 2. The van der Waals surface area contributed by atoms with E-state index in [1.165, 1.54) is 44.9 Å². The summed E-state index contributed by atoms with van der Waals surface area (Å²) in [6.07, 6.45) is 9.31. The molecule has 0 aromatic carbocycles. The standard InChI is InChI=1S/C15H28O2/c1-3-5-13-10-16-15(17-11-13)14-8-6-12(4-2)7-9-14/h12-15H,3-11H2,1-2H3. The third kappa shape index (κ3) is 3.69. The highest BCUT2D eigenvalue weighted by Gasteiger charge is 2.31. The average molecular weight is 240 g/mol. The van der Waals surface area contributed by atoms with Gasteiger partial charge in [-0.1, -0.05) is 39.5 Å². The monoisotopic (exact) mass is 240 g/mol. The lowest BCUT2D eigenvalue weighted by Crippen LogP contribution is -2.38. The molecule has 1 saturated carbocycles. The van der Waals surface area contributed by atoms with Gasteiger partial charge in [-0.3, -0.25) is 0 Å². The van der Waals surface area contributed by atoms with Crippen molar-refractivity contribution in [1.29, 1.82) is 0 Å². The van der Waals surface area contributed by atoms with E-state index in [0.29, 0.717) is 11.8 Å². The first-order chi connectivity index (χ1) is 8.33. The van der Waals surface area contributed by atoms with Gasteiger partial charge in [0.05, 0.1) is 13.2 Å². The molecule has 0 radical (unpaired) electrons. The second kappa shape index (κ2) is 6.75. The van der Waals surface area contributed by atoms with Crippen molar-refractivity contribution >= 4 is 0 Å². The first-order valence-electron chi connectivity index (χ1n) is 7.56. The Kier molecular flexibility index (Phi) is 5.30. The molecule has 0 N–H and O–H groups in total. The molecule has 0 atom stereocenters. The van der Waals surface area contributed by atoms with Crippen LogP contribution >= 0.6 is 0 Å². The summed E-state index contributed by atoms with van der Waals surface area (Å²) in [5, 5.41) is 0. The van der Waals surface area contributed by atoms with Crippen molar-refractivity contribution in [3.8, 4) is 0 Å². The number of ether oxygens (including phenoxy) is 2. The lowest BCUT2D eigenvalue weighted by molar-refractivity contribution is -0.230. The fourth-order valence-electron chi connectivity index (χ4n) is 3.27. The zero-order chi connectivity index (χ0) is 12.1. The van der Waals surface area contributed by atoms with Crippen LogP contribution in [0.2, 0.25) is 0 Å². The molecule has 0 amide bonds. The first kappa shape index (κ1) is 13.4. The Morgan fingerprint density at radius 2 is 1.53 bits per heavy atom. The second-order valence-electron chi connectivity index (χ2n) is 5.88. The van der Waals surface area contributed by atoms with Crippen LogP contribution in [0, 0.1) is 17.8 Å². The van der Waals surface area contributed by atoms with E-state index in [4.69, 9.17) is 9.47 Å². The molecule has 1 saturated heterocycles. The minimum Gasteiger partial charge on any atom is -0.352 e. The van der Waals surface area contributed by atoms with Gasteiger partial charge in [-0.25, -0.2) is 0 Å². The SMILES string of the molecule is CCCC1COC(C2CCC(CC)CC2)OC1. The van der Waals surface area contributed by atoms with E-state index < -0.39 is 0 Å². The summed E-state index contributed by atoms with van der Waals surface area (Å²) >= 11 is 0. The lowest BCUT2D eigenvalue weighted by atomic mass is 9.80. The van der Waals surface area contributed by atoms with Crippen LogP contribution in [0.1, 0.15) is 58.8 Å². The zero-order valence-electron chi connectivity index (χ0n) is 11.5. The second-order valence-corrected chi connectivity index (χ2v) is 5.88. The average Bonchev–Trinajstić information content (AvgIpc) is 2.40. The van der Waals surface area contributed by atoms with Gasteiger partial charge in [-0.15, -0.1) is 0 Å². The van der Waals surface area contributed by atoms with Crippen molar-refractivity contribution in [2.24, 2.45) is 17.8 Å². The summed E-state index contributed by atoms with van der Waals surface area (Å²) in [5.41, 5.74) is 0. The summed E-state index contributed by atoms with van der Waals surface area (Å²) in [6.45, 7) is 6.39. The van der Waals surface area contributed by atoms with Gasteiger partial charge in [-0.2, -0.15) is 0 Å². The molecule has 1 aliphatic heterocycles. The van der Waals surface area contributed by atoms with E-state index in [-0.39, 0.29) is 6.29 Å². The highest BCUT2D eigenvalue weighted by Crippen LogP contribution is 2.35. The molecule has 0 aromatic rings. The van der Waals surface area contributed by atoms with Gasteiger partial charge in [0.25, 0.3) is 0 Å². The summed E-state index contributed by atoms with van der Waals surface area (Å²) in [7, 11) is 0. The maximum Gasteiger partial charge on any atom is 0.160 e. The molecule has 2 heteroatoms. The Hall–Kier alpha value is -0.0800. The molecule has 2 aliphatic rings. The lowest BCUT2D eigenvalue weighted by Gasteiger charge is -2.37. The molecule has 0 bridgehead atoms. The Bertz CT molecular complexity index is 201. The van der Waals surface area contributed by atoms with Crippen molar-refractivity contribution in [2.75, 3.05) is 13.2 Å². The molecule has 1 heterocycles. The van der Waals surface area contributed by atoms with E-state index in [0.717, 1.165) is 19.1 Å². The molecular weight excluding hydrogens is 212 g/mol. The Morgan fingerprint density at radius 3 is 2.06 bits per heavy atom. The Labute approximate surface area is 106 Å². The highest BCUT2D eigenvalue weighted by atomic mass is 16.7. The van der Waals surface area contributed by atoms with Crippen LogP contribution < -0.4 is 0 Å². The third-order valence-corrected chi connectivity index (χ3v) is 4.54. The molecule has 1 aliphatic carbocycles. The maximum atomic E-state index is 5.93. The smallest absolute Gasteiger partial charge is 0.160 e. The molecular formula is C15H28O2. The van der Waals surface area contributed by atoms with Crippen molar-refractivity contribution in [1.82, 2.24) is 0 Å². The Balaban J connectivity index is 1.70. The van der Waals surface area contributed by atoms with E-state index in [2.05, 4.69) is 13.8 Å². The fourth-order valence-corrected chi connectivity index (χ4v) is 3.27. The van der Waals surface area contributed by atoms with Crippen LogP contribution in [-0.2, 0) is 9.47 Å². The molecule has 2 nitrogen and oxygen atoms in total. The quantitative estimate of drug-likeness (QED) is 0.739. The number of hydrogen-bond donors (Lipinski definition) is 0. The van der Waals surface area contributed by atoms with Gasteiger partial charge < -0.3 is 9.47 Å². The van der Waals surface area contributed by atoms with Crippen molar-refractivity contribution < 1.29 is 9.47 Å². The highest BCUT2D eigenvalue weighted by molar-refractivity contribution is 4.76. The largest absolute Gasteiger partial charge is 0.352 e. The van der Waals surface area contributed by atoms with E-state index in [1.807, 2.05) is 0 Å². The normalized spacial score (nSPS) is 39.2. The zero-order valence-corrected chi connectivity index (χ0v) is 11.5. The van der Waals surface area contributed by atoms with Gasteiger partial charge in [0, 0.05) is 11.8 Å². The van der Waals surface area contributed by atoms with Crippen LogP contribution in [0.5, 0.6) is 0 Å². The van der Waals surface area contributed by atoms with Crippen molar-refractivity contribution in [3.63, 3.8) is 0 Å². The molecule has 100 valence electrons. The summed E-state index contributed by atoms with van der Waals surface area (Å²) in [6, 6.07) is 0. The molecule has 17 heavy (non-hydrogen) atoms. The van der Waals surface area contributed by atoms with Crippen LogP contribution in [-0.4, -0.2) is 19.5 Å². The van der Waals surface area contributed by atoms with E-state index in [9.17, 15) is 0 Å². The third-order valence-electron chi connectivity index (χ3n) is 4.54. The topological polar surface area (TPSA) is 18.5 Å². The Morgan fingerprint density at radius 1 is 0.882 bits per heavy atom. The van der Waals surface area contributed by atoms with Gasteiger partial charge >= 0.3 is 0 Å². The van der Waals surface area contributed by atoms with Crippen molar-refractivity contribution in [2.45, 2.75) is 65.1 Å². The van der Waals surface area contributed by atoms with Crippen LogP contribution in [0.4, 0.5) is 0 Å². The minimum absolute atomic E-state index is 0.112. The van der Waals surface area contributed by atoms with E-state index in [1.54, 1.807) is 0 Å². The summed E-state index contributed by atoms with van der Waals surface area (Å²) in [5.74, 6) is 2.27. The minimum atomic E-state index is 0.112. The van der Waals surface area contributed by atoms with E-state index >= 15 is 0 Å². The van der Waals surface area contributed by atoms with Gasteiger partial charge in [0.1, 0.15) is 0 Å². The van der Waals surface area contributed by atoms with Crippen LogP contribution in [0.25, 0.3) is 0 Å².